The molecule has 1 aliphatic rings. The Hall–Kier alpha value is -0.580. The first-order chi connectivity index (χ1) is 7.50. The van der Waals surface area contributed by atoms with Crippen LogP contribution in [0.2, 0.25) is 0 Å². The Kier molecular flexibility index (Phi) is 4.77. The van der Waals surface area contributed by atoms with Gasteiger partial charge in [-0.3, -0.25) is 4.90 Å². The molecule has 1 fully saturated rings. The summed E-state index contributed by atoms with van der Waals surface area (Å²) in [4.78, 5) is 2.38. The molecule has 0 radical (unpaired) electrons. The summed E-state index contributed by atoms with van der Waals surface area (Å²) >= 11 is 0. The van der Waals surface area contributed by atoms with Crippen molar-refractivity contribution in [2.45, 2.75) is 19.4 Å². The lowest BCUT2D eigenvalue weighted by Crippen LogP contribution is -2.48. The second-order valence-electron chi connectivity index (χ2n) is 4.65. The summed E-state index contributed by atoms with van der Waals surface area (Å²) in [6.45, 7) is 12.5. The molecule has 0 aromatic heterocycles. The Morgan fingerprint density at radius 2 is 2.12 bits per heavy atom. The molecule has 1 saturated heterocycles. The van der Waals surface area contributed by atoms with Crippen LogP contribution in [0.4, 0.5) is 0 Å². The van der Waals surface area contributed by atoms with Crippen LogP contribution in [-0.2, 0) is 9.47 Å². The average molecular weight is 228 g/mol. The van der Waals surface area contributed by atoms with E-state index >= 15 is 0 Å². The van der Waals surface area contributed by atoms with Crippen LogP contribution in [0.15, 0.2) is 12.3 Å². The van der Waals surface area contributed by atoms with Crippen molar-refractivity contribution in [1.82, 2.24) is 4.90 Å². The minimum Gasteiger partial charge on any atom is -0.400 e. The molecule has 0 saturated carbocycles. The van der Waals surface area contributed by atoms with Crippen LogP contribution >= 0.6 is 0 Å². The molecule has 0 bridgehead atoms. The summed E-state index contributed by atoms with van der Waals surface area (Å²) in [7, 11) is 1.69. The van der Waals surface area contributed by atoms with Crippen LogP contribution in [0.1, 0.15) is 13.8 Å². The van der Waals surface area contributed by atoms with Gasteiger partial charge in [-0.25, -0.2) is 0 Å². The molecule has 94 valence electrons. The first kappa shape index (κ1) is 13.5. The average Bonchev–Trinajstić information content (AvgIpc) is 2.28. The standard InChI is InChI=1S/C12H24N2O2/c1-10(12(3,15-4)11(2)13)9-14-5-7-16-8-6-14/h10H,2,5-9,13H2,1,3-4H3. The highest BCUT2D eigenvalue weighted by Gasteiger charge is 2.34. The number of ether oxygens (including phenoxy) is 2. The largest absolute Gasteiger partial charge is 0.400 e. The van der Waals surface area contributed by atoms with Crippen molar-refractivity contribution < 1.29 is 9.47 Å². The zero-order chi connectivity index (χ0) is 12.2. The SMILES string of the molecule is C=C(N)C(C)(OC)C(C)CN1CCOCC1. The lowest BCUT2D eigenvalue weighted by molar-refractivity contribution is -0.0333. The van der Waals surface area contributed by atoms with Gasteiger partial charge in [-0.1, -0.05) is 13.5 Å². The van der Waals surface area contributed by atoms with Gasteiger partial charge in [0.15, 0.2) is 0 Å². The Balaban J connectivity index is 2.54. The maximum atomic E-state index is 5.82. The van der Waals surface area contributed by atoms with Crippen molar-refractivity contribution in [3.63, 3.8) is 0 Å². The molecule has 2 unspecified atom stereocenters. The molecule has 0 spiro atoms. The van der Waals surface area contributed by atoms with Crippen molar-refractivity contribution in [2.24, 2.45) is 11.7 Å². The van der Waals surface area contributed by atoms with Gasteiger partial charge in [0.2, 0.25) is 0 Å². The van der Waals surface area contributed by atoms with Crippen molar-refractivity contribution in [1.29, 1.82) is 0 Å². The van der Waals surface area contributed by atoms with Crippen LogP contribution in [0, 0.1) is 5.92 Å². The summed E-state index contributed by atoms with van der Waals surface area (Å²) < 4.78 is 10.8. The van der Waals surface area contributed by atoms with Gasteiger partial charge in [-0.15, -0.1) is 0 Å². The smallest absolute Gasteiger partial charge is 0.107 e. The monoisotopic (exact) mass is 228 g/mol. The van der Waals surface area contributed by atoms with Crippen molar-refractivity contribution in [3.05, 3.63) is 12.3 Å². The molecule has 0 aromatic rings. The second-order valence-corrected chi connectivity index (χ2v) is 4.65. The Morgan fingerprint density at radius 3 is 2.56 bits per heavy atom. The molecular formula is C12H24N2O2. The quantitative estimate of drug-likeness (QED) is 0.757. The van der Waals surface area contributed by atoms with Crippen molar-refractivity contribution in [3.8, 4) is 0 Å². The van der Waals surface area contributed by atoms with Crippen molar-refractivity contribution in [2.75, 3.05) is 40.0 Å². The van der Waals surface area contributed by atoms with Gasteiger partial charge < -0.3 is 15.2 Å². The Bertz CT molecular complexity index is 239. The van der Waals surface area contributed by atoms with E-state index in [1.54, 1.807) is 7.11 Å². The minimum atomic E-state index is -0.446. The molecule has 2 N–H and O–H groups in total. The van der Waals surface area contributed by atoms with E-state index in [0.29, 0.717) is 11.6 Å². The van der Waals surface area contributed by atoms with Crippen LogP contribution in [0.25, 0.3) is 0 Å². The number of hydrogen-bond acceptors (Lipinski definition) is 4. The first-order valence-corrected chi connectivity index (χ1v) is 5.80. The predicted octanol–water partition coefficient (Wildman–Crippen LogP) is 0.832. The fraction of sp³-hybridized carbons (Fsp3) is 0.833. The molecule has 0 aromatic carbocycles. The van der Waals surface area contributed by atoms with E-state index in [-0.39, 0.29) is 0 Å². The second kappa shape index (κ2) is 5.66. The van der Waals surface area contributed by atoms with Crippen LogP contribution in [0.3, 0.4) is 0 Å². The van der Waals surface area contributed by atoms with E-state index in [1.807, 2.05) is 6.92 Å². The Labute approximate surface area is 98.4 Å². The number of hydrogen-bond donors (Lipinski definition) is 1. The lowest BCUT2D eigenvalue weighted by atomic mass is 9.87. The van der Waals surface area contributed by atoms with Crippen LogP contribution < -0.4 is 5.73 Å². The third-order valence-corrected chi connectivity index (χ3v) is 3.64. The molecule has 16 heavy (non-hydrogen) atoms. The number of nitrogens with zero attached hydrogens (tertiary/aromatic N) is 1. The molecule has 0 aliphatic carbocycles. The predicted molar refractivity (Wildman–Crippen MR) is 65.2 cm³/mol. The topological polar surface area (TPSA) is 47.7 Å². The zero-order valence-corrected chi connectivity index (χ0v) is 10.7. The van der Waals surface area contributed by atoms with E-state index in [2.05, 4.69) is 18.4 Å². The van der Waals surface area contributed by atoms with Gasteiger partial charge in [0.05, 0.1) is 13.2 Å². The molecule has 0 amide bonds. The van der Waals surface area contributed by atoms with Gasteiger partial charge in [-0.05, 0) is 6.92 Å². The highest BCUT2D eigenvalue weighted by Crippen LogP contribution is 2.26. The maximum absolute atomic E-state index is 5.82. The molecule has 2 atom stereocenters. The lowest BCUT2D eigenvalue weighted by Gasteiger charge is -2.38. The molecule has 1 aliphatic heterocycles. The number of rotatable bonds is 5. The molecule has 4 nitrogen and oxygen atoms in total. The number of methoxy groups -OCH3 is 1. The minimum absolute atomic E-state index is 0.313. The van der Waals surface area contributed by atoms with E-state index in [0.717, 1.165) is 32.8 Å². The highest BCUT2D eigenvalue weighted by molar-refractivity contribution is 5.09. The number of morpholine rings is 1. The van der Waals surface area contributed by atoms with Gasteiger partial charge in [-0.2, -0.15) is 0 Å². The van der Waals surface area contributed by atoms with Gasteiger partial charge >= 0.3 is 0 Å². The van der Waals surface area contributed by atoms with Gasteiger partial charge in [0.25, 0.3) is 0 Å². The van der Waals surface area contributed by atoms with E-state index in [4.69, 9.17) is 15.2 Å². The third kappa shape index (κ3) is 2.97. The van der Waals surface area contributed by atoms with Crippen LogP contribution in [0.5, 0.6) is 0 Å². The number of nitrogens with two attached hydrogens (primary N) is 1. The van der Waals surface area contributed by atoms with Gasteiger partial charge in [0, 0.05) is 38.4 Å². The summed E-state index contributed by atoms with van der Waals surface area (Å²) in [5.41, 5.74) is 5.97. The molecule has 4 heteroatoms. The normalized spacial score (nSPS) is 23.7. The summed E-state index contributed by atoms with van der Waals surface area (Å²) in [6.07, 6.45) is 0. The fourth-order valence-corrected chi connectivity index (χ4v) is 1.99. The third-order valence-electron chi connectivity index (χ3n) is 3.64. The van der Waals surface area contributed by atoms with E-state index in [9.17, 15) is 0 Å². The summed E-state index contributed by atoms with van der Waals surface area (Å²) in [5, 5.41) is 0. The molecular weight excluding hydrogens is 204 g/mol. The van der Waals surface area contributed by atoms with E-state index < -0.39 is 5.60 Å². The molecule has 1 heterocycles. The Morgan fingerprint density at radius 1 is 1.56 bits per heavy atom. The summed E-state index contributed by atoms with van der Waals surface area (Å²) in [5.74, 6) is 0.313. The van der Waals surface area contributed by atoms with Crippen molar-refractivity contribution >= 4 is 0 Å². The fourth-order valence-electron chi connectivity index (χ4n) is 1.99. The van der Waals surface area contributed by atoms with Gasteiger partial charge in [0.1, 0.15) is 5.60 Å². The highest BCUT2D eigenvalue weighted by atomic mass is 16.5. The van der Waals surface area contributed by atoms with Crippen LogP contribution in [-0.4, -0.2) is 50.5 Å². The first-order valence-electron chi connectivity index (χ1n) is 5.80. The maximum Gasteiger partial charge on any atom is 0.107 e. The summed E-state index contributed by atoms with van der Waals surface area (Å²) in [6, 6.07) is 0. The van der Waals surface area contributed by atoms with E-state index in [1.165, 1.54) is 0 Å². The zero-order valence-electron chi connectivity index (χ0n) is 10.7. The molecule has 1 rings (SSSR count).